The average Bonchev–Trinajstić information content (AvgIpc) is 2.29. The number of aliphatic hydroxyl groups excluding tert-OH is 1. The van der Waals surface area contributed by atoms with Crippen LogP contribution in [0.1, 0.15) is 44.8 Å². The first-order valence-corrected chi connectivity index (χ1v) is 5.68. The van der Waals surface area contributed by atoms with Crippen molar-refractivity contribution in [3.05, 3.63) is 29.8 Å². The predicted molar refractivity (Wildman–Crippen MR) is 62.1 cm³/mol. The molecule has 15 heavy (non-hydrogen) atoms. The van der Waals surface area contributed by atoms with E-state index in [9.17, 15) is 5.11 Å². The van der Waals surface area contributed by atoms with Crippen LogP contribution >= 0.6 is 0 Å². The molecular weight excluding hydrogens is 188 g/mol. The molecule has 1 aromatic rings. The molecule has 0 saturated carbocycles. The zero-order valence-corrected chi connectivity index (χ0v) is 9.57. The van der Waals surface area contributed by atoms with Crippen LogP contribution in [0.15, 0.2) is 24.3 Å². The van der Waals surface area contributed by atoms with E-state index in [1.165, 1.54) is 0 Å². The lowest BCUT2D eigenvalue weighted by Crippen LogP contribution is -1.99. The second-order valence-corrected chi connectivity index (χ2v) is 3.70. The summed E-state index contributed by atoms with van der Waals surface area (Å²) in [7, 11) is 0. The van der Waals surface area contributed by atoms with E-state index in [2.05, 4.69) is 6.92 Å². The third kappa shape index (κ3) is 3.92. The highest BCUT2D eigenvalue weighted by Gasteiger charge is 2.05. The summed E-state index contributed by atoms with van der Waals surface area (Å²) in [6, 6.07) is 7.71. The van der Waals surface area contributed by atoms with Crippen LogP contribution in [0.25, 0.3) is 0 Å². The summed E-state index contributed by atoms with van der Waals surface area (Å²) in [5.74, 6) is 0.855. The van der Waals surface area contributed by atoms with Gasteiger partial charge in [-0.15, -0.1) is 0 Å². The summed E-state index contributed by atoms with van der Waals surface area (Å²) in [6.07, 6.45) is 2.57. The molecule has 1 rings (SSSR count). The number of unbranched alkanes of at least 4 members (excludes halogenated alkanes) is 1. The van der Waals surface area contributed by atoms with Gasteiger partial charge in [-0.1, -0.05) is 32.4 Å². The molecule has 0 aliphatic heterocycles. The zero-order chi connectivity index (χ0) is 11.1. The minimum atomic E-state index is -0.375. The average molecular weight is 208 g/mol. The topological polar surface area (TPSA) is 29.5 Å². The van der Waals surface area contributed by atoms with Gasteiger partial charge in [-0.25, -0.2) is 0 Å². The van der Waals surface area contributed by atoms with Gasteiger partial charge in [0.05, 0.1) is 12.7 Å². The molecule has 0 aliphatic rings. The lowest BCUT2D eigenvalue weighted by atomic mass is 10.1. The van der Waals surface area contributed by atoms with Crippen LogP contribution in [0.4, 0.5) is 0 Å². The van der Waals surface area contributed by atoms with Crippen LogP contribution in [0, 0.1) is 0 Å². The van der Waals surface area contributed by atoms with Gasteiger partial charge in [-0.05, 0) is 30.5 Å². The van der Waals surface area contributed by atoms with Gasteiger partial charge >= 0.3 is 0 Å². The van der Waals surface area contributed by atoms with Crippen LogP contribution in [0.2, 0.25) is 0 Å². The molecule has 0 amide bonds. The molecule has 1 aromatic carbocycles. The maximum atomic E-state index is 9.67. The van der Waals surface area contributed by atoms with Crippen molar-refractivity contribution in [1.82, 2.24) is 0 Å². The molecule has 84 valence electrons. The second-order valence-electron chi connectivity index (χ2n) is 3.70. The van der Waals surface area contributed by atoms with Gasteiger partial charge in [0, 0.05) is 0 Å². The standard InChI is InChI=1S/C13H20O2/c1-3-5-9-15-12-8-6-7-11(10-12)13(14)4-2/h6-8,10,13-14H,3-5,9H2,1-2H3. The lowest BCUT2D eigenvalue weighted by Gasteiger charge is -2.10. The Morgan fingerprint density at radius 3 is 2.80 bits per heavy atom. The van der Waals surface area contributed by atoms with E-state index in [4.69, 9.17) is 4.74 Å². The maximum Gasteiger partial charge on any atom is 0.119 e. The third-order valence-corrected chi connectivity index (χ3v) is 2.40. The molecule has 0 aliphatic carbocycles. The largest absolute Gasteiger partial charge is 0.494 e. The van der Waals surface area contributed by atoms with E-state index in [-0.39, 0.29) is 6.10 Å². The molecule has 0 fully saturated rings. The summed E-state index contributed by atoms with van der Waals surface area (Å²) in [5, 5.41) is 9.67. The lowest BCUT2D eigenvalue weighted by molar-refractivity contribution is 0.173. The van der Waals surface area contributed by atoms with E-state index in [0.717, 1.165) is 37.2 Å². The number of ether oxygens (including phenoxy) is 1. The Kier molecular flexibility index (Phi) is 5.19. The van der Waals surface area contributed by atoms with Crippen LogP contribution in [0.3, 0.4) is 0 Å². The Labute approximate surface area is 91.9 Å². The van der Waals surface area contributed by atoms with Crippen LogP contribution in [-0.4, -0.2) is 11.7 Å². The Morgan fingerprint density at radius 2 is 2.13 bits per heavy atom. The Morgan fingerprint density at radius 1 is 1.33 bits per heavy atom. The minimum Gasteiger partial charge on any atom is -0.494 e. The Hall–Kier alpha value is -1.02. The molecule has 2 heteroatoms. The quantitative estimate of drug-likeness (QED) is 0.727. The molecule has 0 heterocycles. The summed E-state index contributed by atoms with van der Waals surface area (Å²) in [5.41, 5.74) is 0.937. The van der Waals surface area contributed by atoms with Gasteiger partial charge in [-0.2, -0.15) is 0 Å². The second kappa shape index (κ2) is 6.46. The molecule has 0 saturated heterocycles. The smallest absolute Gasteiger partial charge is 0.119 e. The highest BCUT2D eigenvalue weighted by atomic mass is 16.5. The normalized spacial score (nSPS) is 12.5. The van der Waals surface area contributed by atoms with Gasteiger partial charge in [0.25, 0.3) is 0 Å². The molecule has 1 N–H and O–H groups in total. The first-order valence-electron chi connectivity index (χ1n) is 5.68. The van der Waals surface area contributed by atoms with Crippen molar-refractivity contribution < 1.29 is 9.84 Å². The van der Waals surface area contributed by atoms with Crippen molar-refractivity contribution in [1.29, 1.82) is 0 Å². The van der Waals surface area contributed by atoms with E-state index < -0.39 is 0 Å². The van der Waals surface area contributed by atoms with Gasteiger partial charge in [0.15, 0.2) is 0 Å². The molecular formula is C13H20O2. The minimum absolute atomic E-state index is 0.375. The highest BCUT2D eigenvalue weighted by molar-refractivity contribution is 5.29. The number of rotatable bonds is 6. The van der Waals surface area contributed by atoms with E-state index in [0.29, 0.717) is 0 Å². The number of aliphatic hydroxyl groups is 1. The molecule has 1 unspecified atom stereocenters. The summed E-state index contributed by atoms with van der Waals surface area (Å²) in [4.78, 5) is 0. The van der Waals surface area contributed by atoms with Crippen LogP contribution in [0.5, 0.6) is 5.75 Å². The molecule has 0 spiro atoms. The summed E-state index contributed by atoms with van der Waals surface area (Å²) in [6.45, 7) is 4.86. The number of benzene rings is 1. The maximum absolute atomic E-state index is 9.67. The first-order chi connectivity index (χ1) is 7.27. The van der Waals surface area contributed by atoms with Gasteiger partial charge in [0.1, 0.15) is 5.75 Å². The molecule has 1 atom stereocenters. The van der Waals surface area contributed by atoms with Crippen molar-refractivity contribution in [2.75, 3.05) is 6.61 Å². The van der Waals surface area contributed by atoms with Crippen molar-refractivity contribution >= 4 is 0 Å². The molecule has 0 bridgehead atoms. The van der Waals surface area contributed by atoms with Crippen molar-refractivity contribution in [2.45, 2.75) is 39.2 Å². The van der Waals surface area contributed by atoms with Gasteiger partial charge in [-0.3, -0.25) is 0 Å². The monoisotopic (exact) mass is 208 g/mol. The fourth-order valence-electron chi connectivity index (χ4n) is 1.38. The SMILES string of the molecule is CCCCOc1cccc(C(O)CC)c1. The number of hydrogen-bond acceptors (Lipinski definition) is 2. The molecule has 0 aromatic heterocycles. The van der Waals surface area contributed by atoms with Gasteiger partial charge in [0.2, 0.25) is 0 Å². The fraction of sp³-hybridized carbons (Fsp3) is 0.538. The third-order valence-electron chi connectivity index (χ3n) is 2.40. The van der Waals surface area contributed by atoms with Crippen LogP contribution in [-0.2, 0) is 0 Å². The molecule has 0 radical (unpaired) electrons. The summed E-state index contributed by atoms with van der Waals surface area (Å²) >= 11 is 0. The van der Waals surface area contributed by atoms with Crippen molar-refractivity contribution in [3.8, 4) is 5.75 Å². The van der Waals surface area contributed by atoms with E-state index in [1.807, 2.05) is 31.2 Å². The Bertz CT molecular complexity index is 284. The van der Waals surface area contributed by atoms with E-state index in [1.54, 1.807) is 0 Å². The zero-order valence-electron chi connectivity index (χ0n) is 9.57. The van der Waals surface area contributed by atoms with Gasteiger partial charge < -0.3 is 9.84 Å². The Balaban J connectivity index is 2.57. The molecule has 2 nitrogen and oxygen atoms in total. The number of hydrogen-bond donors (Lipinski definition) is 1. The van der Waals surface area contributed by atoms with E-state index >= 15 is 0 Å². The van der Waals surface area contributed by atoms with Crippen molar-refractivity contribution in [3.63, 3.8) is 0 Å². The summed E-state index contributed by atoms with van der Waals surface area (Å²) < 4.78 is 5.57. The fourth-order valence-corrected chi connectivity index (χ4v) is 1.38. The predicted octanol–water partition coefficient (Wildman–Crippen LogP) is 3.31. The van der Waals surface area contributed by atoms with Crippen LogP contribution < -0.4 is 4.74 Å². The first kappa shape index (κ1) is 12.1. The van der Waals surface area contributed by atoms with Crippen molar-refractivity contribution in [2.24, 2.45) is 0 Å². The highest BCUT2D eigenvalue weighted by Crippen LogP contribution is 2.21.